The van der Waals surface area contributed by atoms with Crippen molar-refractivity contribution < 1.29 is 9.59 Å². The van der Waals surface area contributed by atoms with Crippen LogP contribution in [-0.2, 0) is 16.0 Å². The third kappa shape index (κ3) is 5.02. The highest BCUT2D eigenvalue weighted by Crippen LogP contribution is 2.32. The normalized spacial score (nSPS) is 10.9. The molecule has 0 aliphatic carbocycles. The van der Waals surface area contributed by atoms with Crippen LogP contribution in [0.4, 0.5) is 10.8 Å². The maximum Gasteiger partial charge on any atom is 0.230 e. The fourth-order valence-corrected chi connectivity index (χ4v) is 4.27. The smallest absolute Gasteiger partial charge is 0.230 e. The molecule has 0 atom stereocenters. The summed E-state index contributed by atoms with van der Waals surface area (Å²) < 4.78 is 0. The molecular formula is C20H22N4O2S2. The Labute approximate surface area is 172 Å². The number of amides is 2. The second-order valence-electron chi connectivity index (χ2n) is 6.75. The average Bonchev–Trinajstić information content (AvgIpc) is 3.20. The maximum atomic E-state index is 12.4. The predicted octanol–water partition coefficient (Wildman–Crippen LogP) is 4.66. The molecule has 0 fully saturated rings. The second kappa shape index (κ2) is 8.62. The zero-order valence-electron chi connectivity index (χ0n) is 16.2. The number of carbonyl (C=O) groups excluding carboxylic acids is 2. The summed E-state index contributed by atoms with van der Waals surface area (Å²) in [5.41, 5.74) is 3.30. The Balaban J connectivity index is 1.63. The van der Waals surface area contributed by atoms with Crippen molar-refractivity contribution in [2.75, 3.05) is 10.6 Å². The van der Waals surface area contributed by atoms with Crippen LogP contribution < -0.4 is 10.6 Å². The highest BCUT2D eigenvalue weighted by molar-refractivity contribution is 7.16. The van der Waals surface area contributed by atoms with Crippen LogP contribution in [0.15, 0.2) is 29.6 Å². The van der Waals surface area contributed by atoms with E-state index in [1.165, 1.54) is 11.3 Å². The molecular weight excluding hydrogens is 392 g/mol. The molecule has 0 saturated carbocycles. The standard InChI is InChI=1S/C20H22N4O2S2/c1-11(2)19(26)22-15-7-5-6-14(8-15)9-17(25)24-20-23-16(10-27-20)18-12(3)21-13(4)28-18/h5-8,10-11H,9H2,1-4H3,(H,22,26)(H,23,24,25). The SMILES string of the molecule is Cc1nc(C)c(-c2csc(NC(=O)Cc3cccc(NC(=O)C(C)C)c3)n2)s1. The van der Waals surface area contributed by atoms with E-state index < -0.39 is 0 Å². The fraction of sp³-hybridized carbons (Fsp3) is 0.300. The molecule has 1 aromatic carbocycles. The van der Waals surface area contributed by atoms with Crippen molar-refractivity contribution in [1.29, 1.82) is 0 Å². The van der Waals surface area contributed by atoms with Crippen LogP contribution in [0.3, 0.4) is 0 Å². The number of anilines is 2. The van der Waals surface area contributed by atoms with Crippen molar-refractivity contribution in [2.45, 2.75) is 34.1 Å². The van der Waals surface area contributed by atoms with Gasteiger partial charge in [0.05, 0.1) is 27.7 Å². The quantitative estimate of drug-likeness (QED) is 0.614. The minimum atomic E-state index is -0.148. The lowest BCUT2D eigenvalue weighted by Gasteiger charge is -2.09. The number of nitrogens with one attached hydrogen (secondary N) is 2. The highest BCUT2D eigenvalue weighted by Gasteiger charge is 2.13. The minimum absolute atomic E-state index is 0.0505. The molecule has 0 aliphatic heterocycles. The van der Waals surface area contributed by atoms with Crippen LogP contribution >= 0.6 is 22.7 Å². The van der Waals surface area contributed by atoms with E-state index in [4.69, 9.17) is 0 Å². The van der Waals surface area contributed by atoms with E-state index in [0.29, 0.717) is 10.8 Å². The van der Waals surface area contributed by atoms with E-state index in [1.54, 1.807) is 11.3 Å². The Kier molecular flexibility index (Phi) is 6.21. The zero-order chi connectivity index (χ0) is 20.3. The lowest BCUT2D eigenvalue weighted by molar-refractivity contribution is -0.119. The molecule has 2 amide bonds. The summed E-state index contributed by atoms with van der Waals surface area (Å²) in [7, 11) is 0. The van der Waals surface area contributed by atoms with E-state index in [9.17, 15) is 9.59 Å². The van der Waals surface area contributed by atoms with Gasteiger partial charge in [-0.15, -0.1) is 22.7 Å². The number of carbonyl (C=O) groups is 2. The predicted molar refractivity (Wildman–Crippen MR) is 115 cm³/mol. The van der Waals surface area contributed by atoms with Crippen molar-refractivity contribution in [3.05, 3.63) is 45.9 Å². The summed E-state index contributed by atoms with van der Waals surface area (Å²) in [5.74, 6) is -0.298. The van der Waals surface area contributed by atoms with Gasteiger partial charge >= 0.3 is 0 Å². The molecule has 0 bridgehead atoms. The summed E-state index contributed by atoms with van der Waals surface area (Å²) >= 11 is 2.99. The molecule has 2 N–H and O–H groups in total. The van der Waals surface area contributed by atoms with Crippen LogP contribution in [0.5, 0.6) is 0 Å². The van der Waals surface area contributed by atoms with Gasteiger partial charge in [0, 0.05) is 17.0 Å². The van der Waals surface area contributed by atoms with Gasteiger partial charge in [-0.2, -0.15) is 0 Å². The molecule has 0 aliphatic rings. The first-order valence-corrected chi connectivity index (χ1v) is 10.6. The van der Waals surface area contributed by atoms with Gasteiger partial charge in [0.15, 0.2) is 5.13 Å². The number of hydrogen-bond acceptors (Lipinski definition) is 6. The van der Waals surface area contributed by atoms with E-state index >= 15 is 0 Å². The molecule has 2 aromatic heterocycles. The van der Waals surface area contributed by atoms with Gasteiger partial charge in [0.25, 0.3) is 0 Å². The first-order valence-electron chi connectivity index (χ1n) is 8.91. The van der Waals surface area contributed by atoms with Crippen molar-refractivity contribution in [1.82, 2.24) is 9.97 Å². The monoisotopic (exact) mass is 414 g/mol. The number of benzene rings is 1. The van der Waals surface area contributed by atoms with Crippen molar-refractivity contribution >= 4 is 45.3 Å². The lowest BCUT2D eigenvalue weighted by atomic mass is 10.1. The van der Waals surface area contributed by atoms with Crippen molar-refractivity contribution in [3.8, 4) is 10.6 Å². The molecule has 0 saturated heterocycles. The molecule has 3 rings (SSSR count). The molecule has 3 aromatic rings. The summed E-state index contributed by atoms with van der Waals surface area (Å²) in [6.07, 6.45) is 0.207. The van der Waals surface area contributed by atoms with E-state index in [-0.39, 0.29) is 24.2 Å². The number of aryl methyl sites for hydroxylation is 2. The summed E-state index contributed by atoms with van der Waals surface area (Å²) in [5, 5.41) is 9.19. The van der Waals surface area contributed by atoms with Crippen LogP contribution in [-0.4, -0.2) is 21.8 Å². The number of rotatable bonds is 6. The Morgan fingerprint density at radius 2 is 1.93 bits per heavy atom. The number of aromatic nitrogens is 2. The second-order valence-corrected chi connectivity index (χ2v) is 8.82. The number of hydrogen-bond donors (Lipinski definition) is 2. The maximum absolute atomic E-state index is 12.4. The summed E-state index contributed by atoms with van der Waals surface area (Å²) in [6, 6.07) is 7.32. The van der Waals surface area contributed by atoms with Gasteiger partial charge in [0.2, 0.25) is 11.8 Å². The number of nitrogens with zero attached hydrogens (tertiary/aromatic N) is 2. The van der Waals surface area contributed by atoms with E-state index in [2.05, 4.69) is 20.6 Å². The molecule has 28 heavy (non-hydrogen) atoms. The van der Waals surface area contributed by atoms with Crippen molar-refractivity contribution in [2.24, 2.45) is 5.92 Å². The Morgan fingerprint density at radius 1 is 1.14 bits per heavy atom. The number of thiazole rings is 2. The van der Waals surface area contributed by atoms with Gasteiger partial charge in [-0.1, -0.05) is 26.0 Å². The largest absolute Gasteiger partial charge is 0.326 e. The van der Waals surface area contributed by atoms with Gasteiger partial charge < -0.3 is 10.6 Å². The summed E-state index contributed by atoms with van der Waals surface area (Å²) in [4.78, 5) is 34.2. The van der Waals surface area contributed by atoms with Gasteiger partial charge in [-0.05, 0) is 31.5 Å². The Hall–Kier alpha value is -2.58. The first-order chi connectivity index (χ1) is 13.3. The fourth-order valence-electron chi connectivity index (χ4n) is 2.60. The van der Waals surface area contributed by atoms with Gasteiger partial charge in [0.1, 0.15) is 0 Å². The molecule has 2 heterocycles. The Bertz CT molecular complexity index is 1010. The highest BCUT2D eigenvalue weighted by atomic mass is 32.1. The van der Waals surface area contributed by atoms with Gasteiger partial charge in [-0.25, -0.2) is 9.97 Å². The third-order valence-corrected chi connectivity index (χ3v) is 5.82. The molecule has 0 unspecified atom stereocenters. The lowest BCUT2D eigenvalue weighted by Crippen LogP contribution is -2.18. The van der Waals surface area contributed by atoms with Crippen LogP contribution in [0.2, 0.25) is 0 Å². The molecule has 146 valence electrons. The molecule has 0 radical (unpaired) electrons. The van der Waals surface area contributed by atoms with Gasteiger partial charge in [-0.3, -0.25) is 9.59 Å². The minimum Gasteiger partial charge on any atom is -0.326 e. The average molecular weight is 415 g/mol. The zero-order valence-corrected chi connectivity index (χ0v) is 17.8. The van der Waals surface area contributed by atoms with Crippen LogP contribution in [0, 0.1) is 19.8 Å². The van der Waals surface area contributed by atoms with E-state index in [0.717, 1.165) is 26.8 Å². The molecule has 8 heteroatoms. The van der Waals surface area contributed by atoms with E-state index in [1.807, 2.05) is 57.3 Å². The first kappa shape index (κ1) is 20.2. The van der Waals surface area contributed by atoms with Crippen LogP contribution in [0.25, 0.3) is 10.6 Å². The molecule has 0 spiro atoms. The van der Waals surface area contributed by atoms with Crippen LogP contribution in [0.1, 0.15) is 30.1 Å². The van der Waals surface area contributed by atoms with Crippen molar-refractivity contribution in [3.63, 3.8) is 0 Å². The third-order valence-electron chi connectivity index (χ3n) is 3.97. The summed E-state index contributed by atoms with van der Waals surface area (Å²) in [6.45, 7) is 7.60. The molecule has 6 nitrogen and oxygen atoms in total. The Morgan fingerprint density at radius 3 is 2.61 bits per heavy atom. The topological polar surface area (TPSA) is 84.0 Å².